The number of rotatable bonds is 6. The molecule has 7 nitrogen and oxygen atoms in total. The fourth-order valence-electron chi connectivity index (χ4n) is 3.12. The van der Waals surface area contributed by atoms with Gasteiger partial charge >= 0.3 is 31.8 Å². The minimum Gasteiger partial charge on any atom is -0.626 e. The Morgan fingerprint density at radius 2 is 1.13 bits per heavy atom. The average molecular weight is 436 g/mol. The molecule has 0 saturated carbocycles. The van der Waals surface area contributed by atoms with E-state index < -0.39 is 31.8 Å². The zero-order valence-electron chi connectivity index (χ0n) is 16.8. The zero-order chi connectivity index (χ0) is 21.8. The van der Waals surface area contributed by atoms with E-state index in [2.05, 4.69) is 19.7 Å². The lowest BCUT2D eigenvalue weighted by molar-refractivity contribution is 0.420. The Bertz CT molecular complexity index is 1270. The second-order valence-corrected chi connectivity index (χ2v) is 8.60. The summed E-state index contributed by atoms with van der Waals surface area (Å²) in [7, 11) is 0. The third-order valence-electron chi connectivity index (χ3n) is 4.57. The van der Waals surface area contributed by atoms with Crippen LogP contribution in [-0.4, -0.2) is 41.7 Å². The van der Waals surface area contributed by atoms with Crippen LogP contribution in [0.5, 0.6) is 11.5 Å². The second-order valence-electron chi connectivity index (χ2n) is 6.65. The molecule has 2 aromatic heterocycles. The third-order valence-corrected chi connectivity index (χ3v) is 6.16. The largest absolute Gasteiger partial charge is 0.743 e. The molecule has 2 radical (unpaired) electrons. The van der Waals surface area contributed by atoms with E-state index in [1.807, 2.05) is 38.1 Å². The van der Waals surface area contributed by atoms with Gasteiger partial charge in [0.25, 0.3) is 0 Å². The van der Waals surface area contributed by atoms with Crippen molar-refractivity contribution in [3.8, 4) is 11.5 Å². The van der Waals surface area contributed by atoms with E-state index in [1.54, 1.807) is 24.3 Å². The Morgan fingerprint density at radius 1 is 0.677 bits per heavy atom. The number of pyridine rings is 2. The Balaban J connectivity index is 1.44. The maximum atomic E-state index is 7.32. The van der Waals surface area contributed by atoms with Gasteiger partial charge in [0.05, 0.1) is 24.2 Å². The summed E-state index contributed by atoms with van der Waals surface area (Å²) in [4.78, 5) is 16.1. The molecule has 2 heterocycles. The van der Waals surface area contributed by atoms with Crippen LogP contribution in [0.25, 0.3) is 31.5 Å². The van der Waals surface area contributed by atoms with E-state index in [0.29, 0.717) is 33.9 Å². The van der Waals surface area contributed by atoms with Crippen molar-refractivity contribution in [2.45, 2.75) is 13.8 Å². The highest BCUT2D eigenvalue weighted by Crippen LogP contribution is 2.33. The Kier molecular flexibility index (Phi) is 6.36. The first kappa shape index (κ1) is 21.1. The van der Waals surface area contributed by atoms with Crippen molar-refractivity contribution in [1.29, 1.82) is 0 Å². The van der Waals surface area contributed by atoms with Crippen LogP contribution < -0.4 is 7.58 Å². The van der Waals surface area contributed by atoms with Gasteiger partial charge in [-0.15, -0.1) is 0 Å². The fourth-order valence-corrected chi connectivity index (χ4v) is 4.33. The van der Waals surface area contributed by atoms with E-state index >= 15 is 0 Å². The molecular weight excluding hydrogens is 422 g/mol. The summed E-state index contributed by atoms with van der Waals surface area (Å²) in [5.41, 5.74) is 4.08. The molecular formula is C22H14Al2N4O3. The highest BCUT2D eigenvalue weighted by atomic mass is 27.3. The minimum atomic E-state index is -0.825. The average Bonchev–Trinajstić information content (AvgIpc) is 2.78. The van der Waals surface area contributed by atoms with Crippen LogP contribution in [0.3, 0.4) is 0 Å². The Hall–Kier alpha value is -3.14. The lowest BCUT2D eigenvalue weighted by Gasteiger charge is -2.13. The molecule has 31 heavy (non-hydrogen) atoms. The van der Waals surface area contributed by atoms with E-state index in [-0.39, 0.29) is 0 Å². The van der Waals surface area contributed by atoms with Crippen molar-refractivity contribution < 1.29 is 10.4 Å². The van der Waals surface area contributed by atoms with E-state index in [4.69, 9.17) is 23.6 Å². The summed E-state index contributed by atoms with van der Waals surface area (Å²) in [6.45, 7) is 18.4. The minimum absolute atomic E-state index is 0.539. The molecule has 0 unspecified atom stereocenters. The highest BCUT2D eigenvalue weighted by molar-refractivity contribution is 6.36. The quantitative estimate of drug-likeness (QED) is 0.241. The first-order valence-corrected chi connectivity index (χ1v) is 11.2. The molecule has 9 heteroatoms. The molecule has 0 aliphatic rings. The molecule has 0 atom stereocenters. The summed E-state index contributed by atoms with van der Waals surface area (Å²) in [6, 6.07) is 14.5. The van der Waals surface area contributed by atoms with Crippen LogP contribution in [0.15, 0.2) is 48.5 Å². The molecule has 4 rings (SSSR count). The molecule has 146 valence electrons. The number of benzene rings is 2. The van der Waals surface area contributed by atoms with Gasteiger partial charge in [0.15, 0.2) is 11.4 Å². The van der Waals surface area contributed by atoms with E-state index in [1.165, 1.54) is 0 Å². The van der Waals surface area contributed by atoms with Gasteiger partial charge < -0.3 is 10.4 Å². The number of aromatic nitrogens is 2. The summed E-state index contributed by atoms with van der Waals surface area (Å²) >= 11 is -1.65. The van der Waals surface area contributed by atoms with Gasteiger partial charge in [0.1, 0.15) is 11.5 Å². The predicted octanol–water partition coefficient (Wildman–Crippen LogP) is 5.04. The van der Waals surface area contributed by atoms with Gasteiger partial charge in [-0.25, -0.2) is 9.69 Å². The number of hydrogen-bond acceptors (Lipinski definition) is 5. The van der Waals surface area contributed by atoms with Gasteiger partial charge in [-0.1, -0.05) is 24.3 Å². The van der Waals surface area contributed by atoms with Crippen LogP contribution in [0.1, 0.15) is 11.4 Å². The molecule has 0 bridgehead atoms. The lowest BCUT2D eigenvalue weighted by Crippen LogP contribution is -2.16. The van der Waals surface area contributed by atoms with Crippen molar-refractivity contribution in [3.63, 3.8) is 0 Å². The first-order chi connectivity index (χ1) is 15.1. The van der Waals surface area contributed by atoms with Crippen molar-refractivity contribution >= 4 is 65.0 Å². The molecule has 4 aromatic rings. The van der Waals surface area contributed by atoms with Gasteiger partial charge in [-0.05, 0) is 38.1 Å². The van der Waals surface area contributed by atoms with Crippen molar-refractivity contribution in [3.05, 3.63) is 82.8 Å². The predicted molar refractivity (Wildman–Crippen MR) is 119 cm³/mol. The van der Waals surface area contributed by atoms with Crippen LogP contribution in [0.2, 0.25) is 0 Å². The maximum absolute atomic E-state index is 7.32. The Labute approximate surface area is 193 Å². The zero-order valence-corrected chi connectivity index (χ0v) is 19.1. The summed E-state index contributed by atoms with van der Waals surface area (Å²) < 4.78 is 17.3. The second kappa shape index (κ2) is 9.34. The van der Waals surface area contributed by atoms with Gasteiger partial charge in [-0.3, -0.25) is 9.97 Å². The van der Waals surface area contributed by atoms with Crippen LogP contribution in [-0.2, 0) is 2.84 Å². The molecule has 0 N–H and O–H groups in total. The maximum Gasteiger partial charge on any atom is 0.743 e. The summed E-state index contributed by atoms with van der Waals surface area (Å²) in [5, 5.41) is 1.52. The molecule has 0 aliphatic carbocycles. The smallest absolute Gasteiger partial charge is 0.626 e. The van der Waals surface area contributed by atoms with Crippen LogP contribution in [0, 0.1) is 27.0 Å². The fraction of sp³-hybridized carbons (Fsp3) is 0.0909. The molecule has 0 amide bonds. The normalized spacial score (nSPS) is 10.3. The standard InChI is InChI=1S/2C11H8N2O.2Al.O/c2*1-7-3-4-8-9(12-2)5-6-10(14)11(8)13-7;;;/h2*3-6,14H,1H3;;;/q;;2*+1;/p-2. The molecule has 0 fully saturated rings. The molecule has 0 saturated heterocycles. The van der Waals surface area contributed by atoms with E-state index in [0.717, 1.165) is 22.2 Å². The van der Waals surface area contributed by atoms with Crippen molar-refractivity contribution in [2.24, 2.45) is 0 Å². The molecule has 0 spiro atoms. The van der Waals surface area contributed by atoms with Gasteiger partial charge in [0.2, 0.25) is 0 Å². The van der Waals surface area contributed by atoms with Crippen molar-refractivity contribution in [1.82, 2.24) is 9.97 Å². The Morgan fingerprint density at radius 3 is 1.55 bits per heavy atom. The molecule has 2 aromatic carbocycles. The van der Waals surface area contributed by atoms with Crippen molar-refractivity contribution in [2.75, 3.05) is 0 Å². The number of aryl methyl sites for hydroxylation is 2. The monoisotopic (exact) mass is 436 g/mol. The SMILES string of the molecule is [C-]#[N+]c1ccc([O][Al][O][Al][O]c2ccc([N+]#[C-])c3ccc(C)nc23)c2nc(C)ccc12. The van der Waals surface area contributed by atoms with Gasteiger partial charge in [0, 0.05) is 22.2 Å². The molecule has 0 aliphatic heterocycles. The summed E-state index contributed by atoms with van der Waals surface area (Å²) in [5.74, 6) is 1.18. The number of fused-ring (bicyclic) bond motifs is 2. The van der Waals surface area contributed by atoms with E-state index in [9.17, 15) is 0 Å². The topological polar surface area (TPSA) is 62.2 Å². The third kappa shape index (κ3) is 4.48. The number of nitrogens with zero attached hydrogens (tertiary/aromatic N) is 4. The lowest BCUT2D eigenvalue weighted by atomic mass is 10.1. The van der Waals surface area contributed by atoms with Crippen LogP contribution in [0.4, 0.5) is 11.4 Å². The summed E-state index contributed by atoms with van der Waals surface area (Å²) in [6.07, 6.45) is 0. The highest BCUT2D eigenvalue weighted by Gasteiger charge is 2.14. The van der Waals surface area contributed by atoms with Gasteiger partial charge in [-0.2, -0.15) is 0 Å². The van der Waals surface area contributed by atoms with Crippen LogP contribution >= 0.6 is 0 Å². The first-order valence-electron chi connectivity index (χ1n) is 9.28. The number of hydrogen-bond donors (Lipinski definition) is 0.